The van der Waals surface area contributed by atoms with E-state index in [1.54, 1.807) is 12.1 Å². The molecule has 0 unspecified atom stereocenters. The minimum absolute atomic E-state index is 0.191. The van der Waals surface area contributed by atoms with Crippen molar-refractivity contribution >= 4 is 34.6 Å². The standard InChI is InChI=1S/C14H7Cl2FO3/c15-14(16)10(7-12(14)18)11-5-6-13(20-11)19-9-3-1-8(17)2-4-9/h1-7H. The first-order valence-electron chi connectivity index (χ1n) is 5.65. The highest BCUT2D eigenvalue weighted by Crippen LogP contribution is 2.46. The van der Waals surface area contributed by atoms with E-state index in [9.17, 15) is 9.18 Å². The van der Waals surface area contributed by atoms with Gasteiger partial charge in [0.25, 0.3) is 5.95 Å². The number of hydrogen-bond acceptors (Lipinski definition) is 3. The molecule has 0 atom stereocenters. The highest BCUT2D eigenvalue weighted by atomic mass is 35.5. The molecule has 0 amide bonds. The molecule has 20 heavy (non-hydrogen) atoms. The third-order valence-electron chi connectivity index (χ3n) is 2.80. The van der Waals surface area contributed by atoms with Crippen LogP contribution in [0.15, 0.2) is 46.9 Å². The zero-order chi connectivity index (χ0) is 14.3. The van der Waals surface area contributed by atoms with Gasteiger partial charge in [0.2, 0.25) is 4.33 Å². The average molecular weight is 313 g/mol. The number of hydrogen-bond donors (Lipinski definition) is 0. The largest absolute Gasteiger partial charge is 0.426 e. The molecule has 0 N–H and O–H groups in total. The Labute approximate surface area is 123 Å². The molecule has 1 aliphatic rings. The van der Waals surface area contributed by atoms with Crippen molar-refractivity contribution in [2.24, 2.45) is 0 Å². The first-order valence-corrected chi connectivity index (χ1v) is 6.40. The Hall–Kier alpha value is -1.78. The van der Waals surface area contributed by atoms with Crippen molar-refractivity contribution in [2.45, 2.75) is 4.33 Å². The number of alkyl halides is 2. The van der Waals surface area contributed by atoms with Crippen molar-refractivity contribution in [3.63, 3.8) is 0 Å². The van der Waals surface area contributed by atoms with Gasteiger partial charge in [0.05, 0.1) is 0 Å². The van der Waals surface area contributed by atoms with Crippen LogP contribution in [0.4, 0.5) is 4.39 Å². The lowest BCUT2D eigenvalue weighted by Crippen LogP contribution is -2.34. The fourth-order valence-electron chi connectivity index (χ4n) is 1.73. The van der Waals surface area contributed by atoms with Gasteiger partial charge in [-0.15, -0.1) is 0 Å². The lowest BCUT2D eigenvalue weighted by molar-refractivity contribution is -0.115. The number of rotatable bonds is 3. The van der Waals surface area contributed by atoms with E-state index in [0.29, 0.717) is 17.1 Å². The number of halogens is 3. The SMILES string of the molecule is O=C1C=C(c2ccc(Oc3ccc(F)cc3)o2)C1(Cl)Cl. The van der Waals surface area contributed by atoms with Crippen molar-refractivity contribution in [3.05, 3.63) is 54.1 Å². The summed E-state index contributed by atoms with van der Waals surface area (Å²) in [4.78, 5) is 11.2. The van der Waals surface area contributed by atoms with Crippen molar-refractivity contribution < 1.29 is 18.3 Å². The smallest absolute Gasteiger partial charge is 0.290 e. The molecule has 0 fully saturated rings. The van der Waals surface area contributed by atoms with Crippen molar-refractivity contribution in [1.29, 1.82) is 0 Å². The first kappa shape index (κ1) is 13.2. The number of allylic oxidation sites excluding steroid dienone is 2. The van der Waals surface area contributed by atoms with Crippen molar-refractivity contribution in [2.75, 3.05) is 0 Å². The monoisotopic (exact) mass is 312 g/mol. The van der Waals surface area contributed by atoms with E-state index in [-0.39, 0.29) is 17.5 Å². The first-order chi connectivity index (χ1) is 9.46. The highest BCUT2D eigenvalue weighted by Gasteiger charge is 2.47. The van der Waals surface area contributed by atoms with Crippen LogP contribution in [0.2, 0.25) is 0 Å². The molecular weight excluding hydrogens is 306 g/mol. The summed E-state index contributed by atoms with van der Waals surface area (Å²) in [5, 5.41) is 0. The van der Waals surface area contributed by atoms with E-state index in [0.717, 1.165) is 0 Å². The predicted molar refractivity (Wildman–Crippen MR) is 72.6 cm³/mol. The van der Waals surface area contributed by atoms with E-state index in [1.165, 1.54) is 30.3 Å². The van der Waals surface area contributed by atoms with Crippen molar-refractivity contribution in [1.82, 2.24) is 0 Å². The number of ketones is 1. The van der Waals surface area contributed by atoms with E-state index < -0.39 is 4.33 Å². The Morgan fingerprint density at radius 2 is 1.80 bits per heavy atom. The molecule has 3 rings (SSSR count). The molecule has 1 aromatic carbocycles. The summed E-state index contributed by atoms with van der Waals surface area (Å²) in [6.45, 7) is 0. The minimum Gasteiger partial charge on any atom is -0.426 e. The van der Waals surface area contributed by atoms with Crippen LogP contribution in [0.25, 0.3) is 5.57 Å². The second kappa shape index (κ2) is 4.65. The van der Waals surface area contributed by atoms with Gasteiger partial charge in [-0.25, -0.2) is 4.39 Å². The summed E-state index contributed by atoms with van der Waals surface area (Å²) in [7, 11) is 0. The molecule has 0 saturated carbocycles. The molecule has 6 heteroatoms. The third-order valence-corrected chi connectivity index (χ3v) is 3.58. The zero-order valence-corrected chi connectivity index (χ0v) is 11.4. The predicted octanol–water partition coefficient (Wildman–Crippen LogP) is 4.35. The van der Waals surface area contributed by atoms with Gasteiger partial charge in [0.1, 0.15) is 17.3 Å². The summed E-state index contributed by atoms with van der Waals surface area (Å²) in [6, 6.07) is 8.64. The van der Waals surface area contributed by atoms with Gasteiger partial charge in [-0.3, -0.25) is 4.79 Å². The van der Waals surface area contributed by atoms with Crippen LogP contribution in [0.3, 0.4) is 0 Å². The van der Waals surface area contributed by atoms with Crippen molar-refractivity contribution in [3.8, 4) is 11.7 Å². The molecule has 0 bridgehead atoms. The van der Waals surface area contributed by atoms with Gasteiger partial charge < -0.3 is 9.15 Å². The van der Waals surface area contributed by atoms with E-state index in [4.69, 9.17) is 32.4 Å². The third kappa shape index (κ3) is 2.21. The summed E-state index contributed by atoms with van der Waals surface area (Å²) < 4.78 is 22.0. The summed E-state index contributed by atoms with van der Waals surface area (Å²) in [6.07, 6.45) is 1.31. The quantitative estimate of drug-likeness (QED) is 0.791. The van der Waals surface area contributed by atoms with Gasteiger partial charge in [-0.2, -0.15) is 0 Å². The maximum Gasteiger partial charge on any atom is 0.290 e. The molecule has 1 heterocycles. The van der Waals surface area contributed by atoms with Crippen LogP contribution in [-0.4, -0.2) is 10.1 Å². The fourth-order valence-corrected chi connectivity index (χ4v) is 2.14. The van der Waals surface area contributed by atoms with Gasteiger partial charge in [-0.05, 0) is 36.4 Å². The van der Waals surface area contributed by atoms with Crippen LogP contribution in [-0.2, 0) is 4.79 Å². The van der Waals surface area contributed by atoms with Crippen LogP contribution < -0.4 is 4.74 Å². The minimum atomic E-state index is -1.56. The van der Waals surface area contributed by atoms with Gasteiger partial charge in [-0.1, -0.05) is 23.2 Å². The maximum atomic E-state index is 12.8. The van der Waals surface area contributed by atoms with E-state index in [2.05, 4.69) is 0 Å². The second-order valence-corrected chi connectivity index (χ2v) is 5.50. The molecule has 3 nitrogen and oxygen atoms in total. The normalized spacial score (nSPS) is 16.6. The molecule has 102 valence electrons. The zero-order valence-electron chi connectivity index (χ0n) is 9.90. The van der Waals surface area contributed by atoms with Crippen LogP contribution in [0, 0.1) is 5.82 Å². The second-order valence-electron chi connectivity index (χ2n) is 4.17. The Balaban J connectivity index is 1.80. The van der Waals surface area contributed by atoms with Gasteiger partial charge >= 0.3 is 0 Å². The molecular formula is C14H7Cl2FO3. The summed E-state index contributed by atoms with van der Waals surface area (Å²) in [5.74, 6) is 0.231. The Morgan fingerprint density at radius 3 is 2.40 bits per heavy atom. The molecule has 0 aliphatic heterocycles. The number of carbonyl (C=O) groups is 1. The molecule has 0 spiro atoms. The molecule has 0 saturated heterocycles. The fraction of sp³-hybridized carbons (Fsp3) is 0.0714. The number of ether oxygens (including phenoxy) is 1. The number of furan rings is 1. The van der Waals surface area contributed by atoms with Crippen LogP contribution >= 0.6 is 23.2 Å². The van der Waals surface area contributed by atoms with Crippen LogP contribution in [0.5, 0.6) is 11.7 Å². The topological polar surface area (TPSA) is 39.4 Å². The average Bonchev–Trinajstić information content (AvgIpc) is 2.86. The Bertz CT molecular complexity index is 701. The van der Waals surface area contributed by atoms with Gasteiger partial charge in [0.15, 0.2) is 5.78 Å². The molecule has 0 radical (unpaired) electrons. The Morgan fingerprint density at radius 1 is 1.10 bits per heavy atom. The maximum absolute atomic E-state index is 12.8. The van der Waals surface area contributed by atoms with E-state index in [1.807, 2.05) is 0 Å². The number of benzene rings is 1. The Kier molecular flexibility index (Phi) is 3.07. The molecule has 1 aromatic heterocycles. The van der Waals surface area contributed by atoms with E-state index >= 15 is 0 Å². The number of carbonyl (C=O) groups excluding carboxylic acids is 1. The lowest BCUT2D eigenvalue weighted by Gasteiger charge is -2.26. The molecule has 1 aliphatic carbocycles. The summed E-state index contributed by atoms with van der Waals surface area (Å²) in [5.41, 5.74) is 0.389. The summed E-state index contributed by atoms with van der Waals surface area (Å²) >= 11 is 11.7. The van der Waals surface area contributed by atoms with Gasteiger partial charge in [0, 0.05) is 11.6 Å². The van der Waals surface area contributed by atoms with Crippen LogP contribution in [0.1, 0.15) is 5.76 Å². The molecule has 2 aromatic rings. The lowest BCUT2D eigenvalue weighted by atomic mass is 9.94. The highest BCUT2D eigenvalue weighted by molar-refractivity contribution is 6.68.